The van der Waals surface area contributed by atoms with Gasteiger partial charge in [0.1, 0.15) is 0 Å². The highest BCUT2D eigenvalue weighted by atomic mass is 35.5. The minimum atomic E-state index is -0.0423. The molecule has 0 spiro atoms. The average Bonchev–Trinajstić information content (AvgIpc) is 2.35. The van der Waals surface area contributed by atoms with E-state index in [1.807, 2.05) is 24.9 Å². The molecular weight excluding hydrogens is 283 g/mol. The van der Waals surface area contributed by atoms with E-state index in [2.05, 4.69) is 11.9 Å². The van der Waals surface area contributed by atoms with E-state index in [0.29, 0.717) is 23.1 Å². The fourth-order valence-electron chi connectivity index (χ4n) is 1.68. The lowest BCUT2D eigenvalue weighted by molar-refractivity contribution is -0.122. The second-order valence-corrected chi connectivity index (χ2v) is 5.19. The summed E-state index contributed by atoms with van der Waals surface area (Å²) < 4.78 is 0. The molecule has 0 saturated carbocycles. The van der Waals surface area contributed by atoms with Crippen LogP contribution in [0.15, 0.2) is 30.9 Å². The predicted octanol–water partition coefficient (Wildman–Crippen LogP) is 3.29. The lowest BCUT2D eigenvalue weighted by atomic mass is 10.1. The van der Waals surface area contributed by atoms with Gasteiger partial charge in [-0.25, -0.2) is 0 Å². The quantitative estimate of drug-likeness (QED) is 0.818. The highest BCUT2D eigenvalue weighted by molar-refractivity contribution is 6.35. The fraction of sp³-hybridized carbons (Fsp3) is 0.357. The molecule has 1 unspecified atom stereocenters. The Bertz CT molecular complexity index is 463. The van der Waals surface area contributed by atoms with Gasteiger partial charge in [-0.1, -0.05) is 35.3 Å². The van der Waals surface area contributed by atoms with Crippen LogP contribution in [0, 0.1) is 0 Å². The van der Waals surface area contributed by atoms with Crippen molar-refractivity contribution in [1.29, 1.82) is 0 Å². The first kappa shape index (κ1) is 16.0. The summed E-state index contributed by atoms with van der Waals surface area (Å²) in [5.41, 5.74) is 0.949. The van der Waals surface area contributed by atoms with Gasteiger partial charge in [-0.2, -0.15) is 0 Å². The number of rotatable bonds is 6. The molecule has 0 fully saturated rings. The van der Waals surface area contributed by atoms with Gasteiger partial charge in [0, 0.05) is 22.6 Å². The van der Waals surface area contributed by atoms with E-state index in [-0.39, 0.29) is 11.9 Å². The molecule has 3 nitrogen and oxygen atoms in total. The third kappa shape index (κ3) is 4.86. The molecule has 1 aromatic carbocycles. The molecule has 0 heterocycles. The van der Waals surface area contributed by atoms with E-state index < -0.39 is 0 Å². The monoisotopic (exact) mass is 300 g/mol. The largest absolute Gasteiger partial charge is 0.352 e. The number of carbonyl (C=O) groups excluding carboxylic acids is 1. The number of halogens is 2. The Hall–Kier alpha value is -1.03. The molecule has 0 aliphatic rings. The number of nitrogens with one attached hydrogen (secondary N) is 1. The van der Waals surface area contributed by atoms with Crippen molar-refractivity contribution in [2.24, 2.45) is 0 Å². The molecular formula is C14H18Cl2N2O. The molecule has 0 aromatic heterocycles. The van der Waals surface area contributed by atoms with Gasteiger partial charge >= 0.3 is 0 Å². The SMILES string of the molecule is C=CCNC(=O)CN(C)C(C)c1ccc(Cl)cc1Cl. The van der Waals surface area contributed by atoms with Gasteiger partial charge < -0.3 is 5.32 Å². The number of amides is 1. The Morgan fingerprint density at radius 3 is 2.79 bits per heavy atom. The van der Waals surface area contributed by atoms with Crippen molar-refractivity contribution in [2.75, 3.05) is 20.1 Å². The standard InChI is InChI=1S/C14H18Cl2N2O/c1-4-7-17-14(19)9-18(3)10(2)12-6-5-11(15)8-13(12)16/h4-6,8,10H,1,7,9H2,2-3H3,(H,17,19). The molecule has 0 aliphatic carbocycles. The maximum Gasteiger partial charge on any atom is 0.234 e. The second kappa shape index (κ2) is 7.53. The van der Waals surface area contributed by atoms with Crippen molar-refractivity contribution in [3.05, 3.63) is 46.5 Å². The van der Waals surface area contributed by atoms with Gasteiger partial charge in [0.05, 0.1) is 6.54 Å². The number of hydrogen-bond acceptors (Lipinski definition) is 2. The molecule has 0 bridgehead atoms. The minimum Gasteiger partial charge on any atom is -0.352 e. The number of benzene rings is 1. The third-order valence-electron chi connectivity index (χ3n) is 2.91. The van der Waals surface area contributed by atoms with E-state index >= 15 is 0 Å². The number of carbonyl (C=O) groups is 1. The smallest absolute Gasteiger partial charge is 0.234 e. The summed E-state index contributed by atoms with van der Waals surface area (Å²) in [6, 6.07) is 5.41. The number of nitrogens with zero attached hydrogens (tertiary/aromatic N) is 1. The highest BCUT2D eigenvalue weighted by Crippen LogP contribution is 2.28. The minimum absolute atomic E-state index is 0.0271. The van der Waals surface area contributed by atoms with E-state index in [1.165, 1.54) is 0 Å². The lowest BCUT2D eigenvalue weighted by Gasteiger charge is -2.25. The summed E-state index contributed by atoms with van der Waals surface area (Å²) in [5.74, 6) is -0.0423. The molecule has 0 aliphatic heterocycles. The maximum atomic E-state index is 11.6. The fourth-order valence-corrected chi connectivity index (χ4v) is 2.25. The summed E-state index contributed by atoms with van der Waals surface area (Å²) in [4.78, 5) is 13.6. The van der Waals surface area contributed by atoms with Crippen molar-refractivity contribution in [1.82, 2.24) is 10.2 Å². The van der Waals surface area contributed by atoms with Crippen LogP contribution in [0.5, 0.6) is 0 Å². The van der Waals surface area contributed by atoms with Crippen molar-refractivity contribution in [2.45, 2.75) is 13.0 Å². The van der Waals surface area contributed by atoms with Gasteiger partial charge in [0.15, 0.2) is 0 Å². The van der Waals surface area contributed by atoms with Crippen LogP contribution in [0.3, 0.4) is 0 Å². The van der Waals surface area contributed by atoms with E-state index in [9.17, 15) is 4.79 Å². The summed E-state index contributed by atoms with van der Waals surface area (Å²) in [6.07, 6.45) is 1.65. The van der Waals surface area contributed by atoms with E-state index in [1.54, 1.807) is 18.2 Å². The molecule has 1 aromatic rings. The Morgan fingerprint density at radius 2 is 2.21 bits per heavy atom. The van der Waals surface area contributed by atoms with Crippen LogP contribution in [0.2, 0.25) is 10.0 Å². The van der Waals surface area contributed by atoms with Crippen LogP contribution in [0.1, 0.15) is 18.5 Å². The normalized spacial score (nSPS) is 12.3. The van der Waals surface area contributed by atoms with Gasteiger partial charge in [-0.3, -0.25) is 9.69 Å². The number of likely N-dealkylation sites (N-methyl/N-ethyl adjacent to an activating group) is 1. The van der Waals surface area contributed by atoms with Crippen LogP contribution >= 0.6 is 23.2 Å². The van der Waals surface area contributed by atoms with Crippen molar-refractivity contribution >= 4 is 29.1 Å². The van der Waals surface area contributed by atoms with Crippen molar-refractivity contribution < 1.29 is 4.79 Å². The van der Waals surface area contributed by atoms with Crippen LogP contribution in [0.25, 0.3) is 0 Å². The van der Waals surface area contributed by atoms with Gasteiger partial charge in [-0.05, 0) is 31.7 Å². The van der Waals surface area contributed by atoms with Crippen LogP contribution in [0.4, 0.5) is 0 Å². The van der Waals surface area contributed by atoms with Gasteiger partial charge in [0.2, 0.25) is 5.91 Å². The molecule has 1 rings (SSSR count). The zero-order valence-electron chi connectivity index (χ0n) is 11.1. The molecule has 0 radical (unpaired) electrons. The van der Waals surface area contributed by atoms with Crippen LogP contribution < -0.4 is 5.32 Å². The highest BCUT2D eigenvalue weighted by Gasteiger charge is 2.17. The summed E-state index contributed by atoms with van der Waals surface area (Å²) in [7, 11) is 1.88. The molecule has 1 amide bonds. The summed E-state index contributed by atoms with van der Waals surface area (Å²) >= 11 is 12.0. The van der Waals surface area contributed by atoms with Crippen molar-refractivity contribution in [3.63, 3.8) is 0 Å². The van der Waals surface area contributed by atoms with Crippen LogP contribution in [-0.2, 0) is 4.79 Å². The zero-order chi connectivity index (χ0) is 14.4. The molecule has 1 atom stereocenters. The third-order valence-corrected chi connectivity index (χ3v) is 3.47. The molecule has 0 saturated heterocycles. The van der Waals surface area contributed by atoms with Gasteiger partial charge in [0.25, 0.3) is 0 Å². The van der Waals surface area contributed by atoms with Crippen LogP contribution in [-0.4, -0.2) is 30.9 Å². The van der Waals surface area contributed by atoms with Crippen molar-refractivity contribution in [3.8, 4) is 0 Å². The summed E-state index contributed by atoms with van der Waals surface area (Å²) in [6.45, 7) is 6.33. The Morgan fingerprint density at radius 1 is 1.53 bits per heavy atom. The lowest BCUT2D eigenvalue weighted by Crippen LogP contribution is -2.36. The average molecular weight is 301 g/mol. The Balaban J connectivity index is 2.68. The predicted molar refractivity (Wildman–Crippen MR) is 80.7 cm³/mol. The molecule has 19 heavy (non-hydrogen) atoms. The second-order valence-electron chi connectivity index (χ2n) is 4.35. The van der Waals surface area contributed by atoms with E-state index in [0.717, 1.165) is 5.56 Å². The maximum absolute atomic E-state index is 11.6. The molecule has 1 N–H and O–H groups in total. The Labute approximate surface area is 124 Å². The summed E-state index contributed by atoms with van der Waals surface area (Å²) in [5, 5.41) is 3.95. The zero-order valence-corrected chi connectivity index (χ0v) is 12.6. The first-order chi connectivity index (χ1) is 8.95. The van der Waals surface area contributed by atoms with Gasteiger partial charge in [-0.15, -0.1) is 6.58 Å². The topological polar surface area (TPSA) is 32.3 Å². The number of hydrogen-bond donors (Lipinski definition) is 1. The Kier molecular flexibility index (Phi) is 6.35. The van der Waals surface area contributed by atoms with E-state index in [4.69, 9.17) is 23.2 Å². The molecule has 104 valence electrons. The molecule has 5 heteroatoms. The first-order valence-electron chi connectivity index (χ1n) is 5.98. The first-order valence-corrected chi connectivity index (χ1v) is 6.74.